The van der Waals surface area contributed by atoms with E-state index in [0.717, 1.165) is 12.1 Å². The van der Waals surface area contributed by atoms with Crippen molar-refractivity contribution in [2.75, 3.05) is 12.4 Å². The summed E-state index contributed by atoms with van der Waals surface area (Å²) in [6, 6.07) is 6.44. The van der Waals surface area contributed by atoms with Gasteiger partial charge in [-0.1, -0.05) is 0 Å². The molecule has 1 aromatic carbocycles. The van der Waals surface area contributed by atoms with Crippen molar-refractivity contribution >= 4 is 5.69 Å². The largest absolute Gasteiger partial charge is 0.382 e. The Morgan fingerprint density at radius 2 is 2.17 bits per heavy atom. The molecule has 1 N–H and O–H groups in total. The van der Waals surface area contributed by atoms with E-state index in [1.54, 1.807) is 13.2 Å². The second-order valence-electron chi connectivity index (χ2n) is 5.02. The first kappa shape index (κ1) is 14.5. The Hall–Kier alpha value is -1.60. The molecule has 0 fully saturated rings. The predicted octanol–water partition coefficient (Wildman–Crippen LogP) is 3.31. The van der Waals surface area contributed by atoms with Crippen LogP contribution in [0.2, 0.25) is 0 Å². The van der Waals surface area contributed by atoms with E-state index in [1.807, 2.05) is 26.8 Å². The van der Waals surface area contributed by atoms with Gasteiger partial charge in [-0.25, -0.2) is 4.39 Å². The summed E-state index contributed by atoms with van der Waals surface area (Å²) < 4.78 is 18.5. The zero-order valence-electron chi connectivity index (χ0n) is 11.2. The topological polar surface area (TPSA) is 45.0 Å². The normalized spacial score (nSPS) is 12.9. The van der Waals surface area contributed by atoms with Gasteiger partial charge in [0.1, 0.15) is 11.9 Å². The van der Waals surface area contributed by atoms with E-state index in [-0.39, 0.29) is 17.2 Å². The van der Waals surface area contributed by atoms with Gasteiger partial charge in [0.2, 0.25) is 0 Å². The molecule has 0 spiro atoms. The molecule has 18 heavy (non-hydrogen) atoms. The van der Waals surface area contributed by atoms with Gasteiger partial charge in [-0.15, -0.1) is 0 Å². The van der Waals surface area contributed by atoms with Crippen molar-refractivity contribution in [2.24, 2.45) is 0 Å². The Morgan fingerprint density at radius 1 is 1.50 bits per heavy atom. The molecule has 4 heteroatoms. The lowest BCUT2D eigenvalue weighted by molar-refractivity contribution is 0.0128. The Labute approximate surface area is 108 Å². The summed E-state index contributed by atoms with van der Waals surface area (Å²) in [7, 11) is 1.68. The van der Waals surface area contributed by atoms with Crippen molar-refractivity contribution in [3.63, 3.8) is 0 Å². The molecule has 0 heterocycles. The van der Waals surface area contributed by atoms with Crippen LogP contribution < -0.4 is 5.32 Å². The molecule has 0 aliphatic carbocycles. The molecular weight excluding hydrogens is 231 g/mol. The molecular formula is C14H19FN2O. The Morgan fingerprint density at radius 3 is 2.72 bits per heavy atom. The van der Waals surface area contributed by atoms with Crippen LogP contribution in [0.3, 0.4) is 0 Å². The van der Waals surface area contributed by atoms with Gasteiger partial charge in [0.05, 0.1) is 11.2 Å². The molecule has 1 unspecified atom stereocenters. The zero-order chi connectivity index (χ0) is 13.8. The second kappa shape index (κ2) is 5.83. The van der Waals surface area contributed by atoms with E-state index in [4.69, 9.17) is 10.00 Å². The van der Waals surface area contributed by atoms with E-state index in [9.17, 15) is 4.39 Å². The molecule has 1 rings (SSSR count). The lowest BCUT2D eigenvalue weighted by Gasteiger charge is -2.27. The van der Waals surface area contributed by atoms with Crippen molar-refractivity contribution in [3.8, 4) is 6.07 Å². The molecule has 98 valence electrons. The Bertz CT molecular complexity index is 452. The molecule has 0 radical (unpaired) electrons. The van der Waals surface area contributed by atoms with E-state index in [2.05, 4.69) is 5.32 Å². The van der Waals surface area contributed by atoms with Crippen LogP contribution in [0.25, 0.3) is 0 Å². The van der Waals surface area contributed by atoms with Gasteiger partial charge in [-0.2, -0.15) is 5.26 Å². The highest BCUT2D eigenvalue weighted by molar-refractivity contribution is 5.50. The van der Waals surface area contributed by atoms with Crippen LogP contribution in [0.4, 0.5) is 10.1 Å². The minimum atomic E-state index is -0.493. The third-order valence-electron chi connectivity index (χ3n) is 2.85. The monoisotopic (exact) mass is 250 g/mol. The van der Waals surface area contributed by atoms with Crippen molar-refractivity contribution < 1.29 is 9.13 Å². The van der Waals surface area contributed by atoms with E-state index in [1.165, 1.54) is 12.1 Å². The van der Waals surface area contributed by atoms with Crippen LogP contribution in [-0.2, 0) is 4.74 Å². The maximum atomic E-state index is 13.2. The number of benzene rings is 1. The molecule has 0 aliphatic heterocycles. The van der Waals surface area contributed by atoms with Gasteiger partial charge in [0.25, 0.3) is 0 Å². The number of anilines is 1. The number of nitrogens with one attached hydrogen (secondary N) is 1. The standard InChI is InChI=1S/C14H19FN2O/c1-10(8-14(2,3)18-4)17-12-5-6-13(15)11(7-12)9-16/h5-7,10,17H,8H2,1-4H3. The molecule has 0 aromatic heterocycles. The number of ether oxygens (including phenoxy) is 1. The van der Waals surface area contributed by atoms with E-state index >= 15 is 0 Å². The average molecular weight is 250 g/mol. The first-order valence-corrected chi connectivity index (χ1v) is 5.89. The van der Waals surface area contributed by atoms with Gasteiger partial charge in [-0.05, 0) is 45.4 Å². The quantitative estimate of drug-likeness (QED) is 0.872. The zero-order valence-corrected chi connectivity index (χ0v) is 11.2. The van der Waals surface area contributed by atoms with Crippen molar-refractivity contribution in [1.29, 1.82) is 5.26 Å². The first-order chi connectivity index (χ1) is 8.38. The minimum Gasteiger partial charge on any atom is -0.382 e. The number of hydrogen-bond acceptors (Lipinski definition) is 3. The predicted molar refractivity (Wildman–Crippen MR) is 69.9 cm³/mol. The number of nitriles is 1. The highest BCUT2D eigenvalue weighted by Crippen LogP contribution is 2.20. The summed E-state index contributed by atoms with van der Waals surface area (Å²) in [6.07, 6.45) is 0.808. The van der Waals surface area contributed by atoms with Crippen LogP contribution in [0, 0.1) is 17.1 Å². The fourth-order valence-electron chi connectivity index (χ4n) is 1.86. The van der Waals surface area contributed by atoms with Gasteiger partial charge in [0.15, 0.2) is 0 Å². The Kier molecular flexibility index (Phi) is 4.69. The third-order valence-corrected chi connectivity index (χ3v) is 2.85. The Balaban J connectivity index is 2.71. The summed E-state index contributed by atoms with van der Waals surface area (Å²) in [6.45, 7) is 6.04. The number of hydrogen-bond donors (Lipinski definition) is 1. The van der Waals surface area contributed by atoms with Crippen LogP contribution in [0.1, 0.15) is 32.8 Å². The number of methoxy groups -OCH3 is 1. The van der Waals surface area contributed by atoms with Crippen LogP contribution in [0.15, 0.2) is 18.2 Å². The van der Waals surface area contributed by atoms with Crippen LogP contribution in [0.5, 0.6) is 0 Å². The molecule has 0 bridgehead atoms. The summed E-state index contributed by atoms with van der Waals surface area (Å²) >= 11 is 0. The number of halogens is 1. The molecule has 0 amide bonds. The van der Waals surface area contributed by atoms with E-state index < -0.39 is 5.82 Å². The highest BCUT2D eigenvalue weighted by atomic mass is 19.1. The molecule has 1 atom stereocenters. The number of nitrogens with zero attached hydrogens (tertiary/aromatic N) is 1. The highest BCUT2D eigenvalue weighted by Gasteiger charge is 2.20. The average Bonchev–Trinajstić information content (AvgIpc) is 2.31. The fraction of sp³-hybridized carbons (Fsp3) is 0.500. The summed E-state index contributed by atoms with van der Waals surface area (Å²) in [5.74, 6) is -0.493. The summed E-state index contributed by atoms with van der Waals surface area (Å²) in [4.78, 5) is 0. The van der Waals surface area contributed by atoms with E-state index in [0.29, 0.717) is 0 Å². The molecule has 0 saturated heterocycles. The molecule has 0 saturated carbocycles. The SMILES string of the molecule is COC(C)(C)CC(C)Nc1ccc(F)c(C#N)c1. The fourth-order valence-corrected chi connectivity index (χ4v) is 1.86. The van der Waals surface area contributed by atoms with Crippen molar-refractivity contribution in [3.05, 3.63) is 29.6 Å². The number of rotatable bonds is 5. The van der Waals surface area contributed by atoms with Gasteiger partial charge < -0.3 is 10.1 Å². The van der Waals surface area contributed by atoms with Gasteiger partial charge in [0, 0.05) is 18.8 Å². The maximum Gasteiger partial charge on any atom is 0.141 e. The van der Waals surface area contributed by atoms with Crippen molar-refractivity contribution in [2.45, 2.75) is 38.8 Å². The third kappa shape index (κ3) is 4.01. The summed E-state index contributed by atoms with van der Waals surface area (Å²) in [5.41, 5.74) is 0.579. The second-order valence-corrected chi connectivity index (χ2v) is 5.02. The smallest absolute Gasteiger partial charge is 0.141 e. The van der Waals surface area contributed by atoms with Crippen molar-refractivity contribution in [1.82, 2.24) is 0 Å². The first-order valence-electron chi connectivity index (χ1n) is 5.89. The van der Waals surface area contributed by atoms with Crippen LogP contribution >= 0.6 is 0 Å². The maximum absolute atomic E-state index is 13.2. The van der Waals surface area contributed by atoms with Gasteiger partial charge in [-0.3, -0.25) is 0 Å². The van der Waals surface area contributed by atoms with Crippen LogP contribution in [-0.4, -0.2) is 18.8 Å². The van der Waals surface area contributed by atoms with Gasteiger partial charge >= 0.3 is 0 Å². The lowest BCUT2D eigenvalue weighted by Crippen LogP contribution is -2.31. The lowest BCUT2D eigenvalue weighted by atomic mass is 9.99. The summed E-state index contributed by atoms with van der Waals surface area (Å²) in [5, 5.41) is 12.0. The molecule has 0 aliphatic rings. The molecule has 1 aromatic rings. The molecule has 3 nitrogen and oxygen atoms in total. The minimum absolute atomic E-state index is 0.0539.